The molecule has 6 heteroatoms. The van der Waals surface area contributed by atoms with Crippen LogP contribution in [0.4, 0.5) is 4.79 Å². The van der Waals surface area contributed by atoms with Crippen molar-refractivity contribution in [1.29, 1.82) is 0 Å². The fraction of sp³-hybridized carbons (Fsp3) is 0.800. The van der Waals surface area contributed by atoms with Gasteiger partial charge in [-0.25, -0.2) is 4.79 Å². The summed E-state index contributed by atoms with van der Waals surface area (Å²) in [5, 5.41) is 2.49. The molecule has 0 fully saturated rings. The molecule has 0 saturated carbocycles. The molecule has 0 unspecified atom stereocenters. The van der Waals surface area contributed by atoms with Crippen molar-refractivity contribution in [2.45, 2.75) is 33.0 Å². The van der Waals surface area contributed by atoms with Crippen molar-refractivity contribution < 1.29 is 14.3 Å². The summed E-state index contributed by atoms with van der Waals surface area (Å²) < 4.78 is 4.47. The molecule has 0 rings (SSSR count). The molecule has 0 aliphatic heterocycles. The monoisotopic (exact) mass is 231 g/mol. The number of hydrogen-bond acceptors (Lipinski definition) is 4. The Kier molecular flexibility index (Phi) is 5.81. The van der Waals surface area contributed by atoms with Crippen molar-refractivity contribution in [2.75, 3.05) is 14.2 Å². The number of methoxy groups -OCH3 is 1. The summed E-state index contributed by atoms with van der Waals surface area (Å²) in [7, 11) is 2.85. The van der Waals surface area contributed by atoms with E-state index in [0.717, 1.165) is 0 Å². The van der Waals surface area contributed by atoms with Crippen LogP contribution in [0, 0.1) is 5.92 Å². The number of likely N-dealkylation sites (N-methyl/N-ethyl adjacent to an activating group) is 1. The minimum Gasteiger partial charge on any atom is -0.453 e. The molecule has 3 N–H and O–H groups in total. The SMILES string of the molecule is COC(=O)N[C@@H](C(=O)N(C)[C@H](C)N)C(C)C. The van der Waals surface area contributed by atoms with Crippen molar-refractivity contribution in [2.24, 2.45) is 11.7 Å². The van der Waals surface area contributed by atoms with Gasteiger partial charge in [0.05, 0.1) is 13.3 Å². The van der Waals surface area contributed by atoms with E-state index in [1.165, 1.54) is 12.0 Å². The molecule has 0 heterocycles. The molecule has 0 saturated heterocycles. The molecular formula is C10H21N3O3. The zero-order chi connectivity index (χ0) is 12.9. The Labute approximate surface area is 96.1 Å². The molecule has 0 radical (unpaired) electrons. The van der Waals surface area contributed by atoms with Gasteiger partial charge in [-0.1, -0.05) is 13.8 Å². The third-order valence-corrected chi connectivity index (χ3v) is 2.35. The van der Waals surface area contributed by atoms with Crippen LogP contribution in [-0.2, 0) is 9.53 Å². The van der Waals surface area contributed by atoms with Gasteiger partial charge in [-0.3, -0.25) is 4.79 Å². The van der Waals surface area contributed by atoms with Gasteiger partial charge in [0.1, 0.15) is 6.04 Å². The number of alkyl carbamates (subject to hydrolysis) is 1. The fourth-order valence-corrected chi connectivity index (χ4v) is 1.12. The van der Waals surface area contributed by atoms with Gasteiger partial charge in [0, 0.05) is 7.05 Å². The minimum atomic E-state index is -0.622. The number of nitrogens with two attached hydrogens (primary N) is 1. The van der Waals surface area contributed by atoms with Gasteiger partial charge in [-0.05, 0) is 12.8 Å². The number of ether oxygens (including phenoxy) is 1. The summed E-state index contributed by atoms with van der Waals surface area (Å²) in [5.74, 6) is -0.261. The third kappa shape index (κ3) is 4.06. The van der Waals surface area contributed by atoms with Crippen LogP contribution in [-0.4, -0.2) is 43.3 Å². The van der Waals surface area contributed by atoms with Crippen molar-refractivity contribution >= 4 is 12.0 Å². The highest BCUT2D eigenvalue weighted by atomic mass is 16.5. The third-order valence-electron chi connectivity index (χ3n) is 2.35. The van der Waals surface area contributed by atoms with Gasteiger partial charge < -0.3 is 20.7 Å². The molecule has 16 heavy (non-hydrogen) atoms. The highest BCUT2D eigenvalue weighted by Gasteiger charge is 2.28. The van der Waals surface area contributed by atoms with Crippen LogP contribution in [0.5, 0.6) is 0 Å². The molecule has 0 aromatic rings. The van der Waals surface area contributed by atoms with Crippen molar-refractivity contribution in [3.05, 3.63) is 0 Å². The number of nitrogens with one attached hydrogen (secondary N) is 1. The van der Waals surface area contributed by atoms with Crippen molar-refractivity contribution in [3.8, 4) is 0 Å². The van der Waals surface area contributed by atoms with E-state index in [-0.39, 0.29) is 11.8 Å². The van der Waals surface area contributed by atoms with Crippen LogP contribution in [0.1, 0.15) is 20.8 Å². The molecule has 0 aliphatic rings. The number of nitrogens with zero attached hydrogens (tertiary/aromatic N) is 1. The Hall–Kier alpha value is -1.30. The quantitative estimate of drug-likeness (QED) is 0.673. The van der Waals surface area contributed by atoms with Gasteiger partial charge in [0.2, 0.25) is 5.91 Å². The van der Waals surface area contributed by atoms with Gasteiger partial charge in [-0.15, -0.1) is 0 Å². The van der Waals surface area contributed by atoms with Gasteiger partial charge in [0.25, 0.3) is 0 Å². The fourth-order valence-electron chi connectivity index (χ4n) is 1.12. The largest absolute Gasteiger partial charge is 0.453 e. The summed E-state index contributed by atoms with van der Waals surface area (Å²) in [6.07, 6.45) is -1.02. The summed E-state index contributed by atoms with van der Waals surface area (Å²) in [5.41, 5.74) is 5.60. The van der Waals surface area contributed by atoms with Crippen molar-refractivity contribution in [1.82, 2.24) is 10.2 Å². The lowest BCUT2D eigenvalue weighted by atomic mass is 10.0. The van der Waals surface area contributed by atoms with E-state index in [1.54, 1.807) is 14.0 Å². The van der Waals surface area contributed by atoms with Crippen LogP contribution in [0.2, 0.25) is 0 Å². The maximum absolute atomic E-state index is 12.0. The van der Waals surface area contributed by atoms with E-state index < -0.39 is 18.3 Å². The van der Waals surface area contributed by atoms with Gasteiger partial charge >= 0.3 is 6.09 Å². The second kappa shape index (κ2) is 6.32. The Balaban J connectivity index is 4.66. The average molecular weight is 231 g/mol. The molecule has 0 bridgehead atoms. The molecule has 2 atom stereocenters. The smallest absolute Gasteiger partial charge is 0.407 e. The molecule has 6 nitrogen and oxygen atoms in total. The number of hydrogen-bond donors (Lipinski definition) is 2. The van der Waals surface area contributed by atoms with Crippen LogP contribution in [0.25, 0.3) is 0 Å². The number of carbonyl (C=O) groups excluding carboxylic acids is 2. The first-order valence-corrected chi connectivity index (χ1v) is 5.18. The first-order chi connectivity index (χ1) is 7.31. The molecule has 2 amide bonds. The van der Waals surface area contributed by atoms with Gasteiger partial charge in [0.15, 0.2) is 0 Å². The molecule has 0 aliphatic carbocycles. The second-order valence-electron chi connectivity index (χ2n) is 4.05. The zero-order valence-electron chi connectivity index (χ0n) is 10.5. The van der Waals surface area contributed by atoms with E-state index in [0.29, 0.717) is 0 Å². The van der Waals surface area contributed by atoms with Crippen molar-refractivity contribution in [3.63, 3.8) is 0 Å². The molecule has 0 aromatic heterocycles. The lowest BCUT2D eigenvalue weighted by Crippen LogP contribution is -2.53. The van der Waals surface area contributed by atoms with Crippen LogP contribution in [0.15, 0.2) is 0 Å². The van der Waals surface area contributed by atoms with E-state index in [9.17, 15) is 9.59 Å². The van der Waals surface area contributed by atoms with E-state index in [2.05, 4.69) is 10.1 Å². The molecule has 0 spiro atoms. The van der Waals surface area contributed by atoms with Gasteiger partial charge in [-0.2, -0.15) is 0 Å². The van der Waals surface area contributed by atoms with Crippen LogP contribution in [0.3, 0.4) is 0 Å². The molecular weight excluding hydrogens is 210 g/mol. The van der Waals surface area contributed by atoms with E-state index in [4.69, 9.17) is 5.73 Å². The van der Waals surface area contributed by atoms with E-state index in [1.807, 2.05) is 13.8 Å². The predicted molar refractivity (Wildman–Crippen MR) is 60.6 cm³/mol. The maximum Gasteiger partial charge on any atom is 0.407 e. The highest BCUT2D eigenvalue weighted by Crippen LogP contribution is 2.06. The topological polar surface area (TPSA) is 84.7 Å². The summed E-state index contributed by atoms with van der Waals surface area (Å²) in [6.45, 7) is 5.38. The summed E-state index contributed by atoms with van der Waals surface area (Å²) in [4.78, 5) is 24.4. The Bertz CT molecular complexity index is 254. The Morgan fingerprint density at radius 1 is 1.31 bits per heavy atom. The summed E-state index contributed by atoms with van der Waals surface area (Å²) in [6, 6.07) is -0.622. The lowest BCUT2D eigenvalue weighted by molar-refractivity contribution is -0.134. The number of amides is 2. The zero-order valence-corrected chi connectivity index (χ0v) is 10.5. The number of rotatable bonds is 4. The minimum absolute atomic E-state index is 0.0344. The standard InChI is InChI=1S/C10H21N3O3/c1-6(2)8(12-10(15)16-5)9(14)13(4)7(3)11/h6-8H,11H2,1-5H3,(H,12,15)/t7-,8-/m1/s1. The molecule has 0 aromatic carbocycles. The first-order valence-electron chi connectivity index (χ1n) is 5.18. The Morgan fingerprint density at radius 2 is 1.81 bits per heavy atom. The van der Waals surface area contributed by atoms with E-state index >= 15 is 0 Å². The predicted octanol–water partition coefficient (Wildman–Crippen LogP) is 0.130. The highest BCUT2D eigenvalue weighted by molar-refractivity contribution is 5.85. The maximum atomic E-state index is 12.0. The lowest BCUT2D eigenvalue weighted by Gasteiger charge is -2.28. The summed E-state index contributed by atoms with van der Waals surface area (Å²) >= 11 is 0. The second-order valence-corrected chi connectivity index (χ2v) is 4.05. The average Bonchev–Trinajstić information content (AvgIpc) is 2.22. The number of carbonyl (C=O) groups is 2. The van der Waals surface area contributed by atoms with Crippen LogP contribution >= 0.6 is 0 Å². The molecule has 94 valence electrons. The van der Waals surface area contributed by atoms with Crippen LogP contribution < -0.4 is 11.1 Å². The Morgan fingerprint density at radius 3 is 2.12 bits per heavy atom. The normalized spacial score (nSPS) is 14.2. The first kappa shape index (κ1) is 14.7.